The number of hydrogen-bond donors (Lipinski definition) is 3. The number of nitrogens with zero attached hydrogens (tertiary/aromatic N) is 2. The Balaban J connectivity index is 1.93. The highest BCUT2D eigenvalue weighted by Gasteiger charge is 2.22. The van der Waals surface area contributed by atoms with E-state index in [0.29, 0.717) is 23.9 Å². The number of rotatable bonds is 12. The van der Waals surface area contributed by atoms with E-state index in [4.69, 9.17) is 0 Å². The van der Waals surface area contributed by atoms with Gasteiger partial charge in [-0.3, -0.25) is 14.9 Å². The largest absolute Gasteiger partial charge is 0.344 e. The molecule has 3 N–H and O–H groups in total. The average molecular weight is 468 g/mol. The van der Waals surface area contributed by atoms with Gasteiger partial charge in [0.25, 0.3) is 0 Å². The van der Waals surface area contributed by atoms with Crippen molar-refractivity contribution in [2.24, 2.45) is 5.92 Å². The Kier molecular flexibility index (Phi) is 10.1. The highest BCUT2D eigenvalue weighted by Crippen LogP contribution is 2.22. The van der Waals surface area contributed by atoms with Crippen LogP contribution in [0.4, 0.5) is 13.9 Å². The Hall–Kier alpha value is -2.46. The molecular formula is C22H31F2N5O2S. The van der Waals surface area contributed by atoms with Gasteiger partial charge in [0.2, 0.25) is 16.9 Å². The Morgan fingerprint density at radius 2 is 1.75 bits per heavy atom. The van der Waals surface area contributed by atoms with Gasteiger partial charge < -0.3 is 10.6 Å². The van der Waals surface area contributed by atoms with E-state index in [9.17, 15) is 18.4 Å². The van der Waals surface area contributed by atoms with Gasteiger partial charge in [-0.15, -0.1) is 10.2 Å². The highest BCUT2D eigenvalue weighted by molar-refractivity contribution is 7.15. The Morgan fingerprint density at radius 1 is 1.06 bits per heavy atom. The van der Waals surface area contributed by atoms with E-state index < -0.39 is 29.5 Å². The van der Waals surface area contributed by atoms with Crippen molar-refractivity contribution in [3.63, 3.8) is 0 Å². The maximum absolute atomic E-state index is 13.3. The van der Waals surface area contributed by atoms with Gasteiger partial charge in [-0.1, -0.05) is 38.5 Å². The van der Waals surface area contributed by atoms with Crippen molar-refractivity contribution in [3.05, 3.63) is 40.4 Å². The van der Waals surface area contributed by atoms with Crippen molar-refractivity contribution in [3.8, 4) is 0 Å². The van der Waals surface area contributed by atoms with Crippen LogP contribution in [0, 0.1) is 17.6 Å². The maximum atomic E-state index is 13.3. The molecule has 0 aliphatic heterocycles. The van der Waals surface area contributed by atoms with Gasteiger partial charge in [-0.25, -0.2) is 8.78 Å². The van der Waals surface area contributed by atoms with Crippen molar-refractivity contribution < 1.29 is 18.4 Å². The smallest absolute Gasteiger partial charge is 0.248 e. The van der Waals surface area contributed by atoms with Gasteiger partial charge >= 0.3 is 0 Å². The SMILES string of the molecule is CCCC(NC(=O)Cc1cc(F)cc(F)c1)C(=O)Nc1nnc(C(C)NCCC(C)C)s1. The second kappa shape index (κ2) is 12.5. The van der Waals surface area contributed by atoms with Crippen LogP contribution in [-0.4, -0.2) is 34.6 Å². The summed E-state index contributed by atoms with van der Waals surface area (Å²) >= 11 is 1.28. The van der Waals surface area contributed by atoms with Gasteiger partial charge in [0.15, 0.2) is 0 Å². The summed E-state index contributed by atoms with van der Waals surface area (Å²) in [5, 5.41) is 18.0. The van der Waals surface area contributed by atoms with E-state index in [1.165, 1.54) is 11.3 Å². The number of nitrogens with one attached hydrogen (secondary N) is 3. The lowest BCUT2D eigenvalue weighted by molar-refractivity contribution is -0.126. The lowest BCUT2D eigenvalue weighted by atomic mass is 10.1. The molecule has 1 aromatic heterocycles. The molecule has 32 heavy (non-hydrogen) atoms. The van der Waals surface area contributed by atoms with Crippen LogP contribution < -0.4 is 16.0 Å². The summed E-state index contributed by atoms with van der Waals surface area (Å²) in [6.07, 6.45) is 1.89. The fourth-order valence-corrected chi connectivity index (χ4v) is 3.80. The summed E-state index contributed by atoms with van der Waals surface area (Å²) in [5.74, 6) is -1.81. The lowest BCUT2D eigenvalue weighted by Gasteiger charge is -2.17. The van der Waals surface area contributed by atoms with Crippen molar-refractivity contribution in [2.75, 3.05) is 11.9 Å². The minimum Gasteiger partial charge on any atom is -0.344 e. The number of amides is 2. The third kappa shape index (κ3) is 8.58. The third-order valence-corrected chi connectivity index (χ3v) is 5.75. The number of halogens is 2. The van der Waals surface area contributed by atoms with Gasteiger partial charge in [0.05, 0.1) is 12.5 Å². The minimum absolute atomic E-state index is 0.00899. The molecule has 0 saturated carbocycles. The summed E-state index contributed by atoms with van der Waals surface area (Å²) in [6.45, 7) is 9.06. The van der Waals surface area contributed by atoms with Crippen LogP contribution in [0.15, 0.2) is 18.2 Å². The standard InChI is InChI=1S/C22H31F2N5O2S/c1-5-6-18(26-19(30)11-15-9-16(23)12-17(24)10-15)20(31)27-22-29-28-21(32-22)14(4)25-8-7-13(2)3/h9-10,12-14,18,25H,5-8,11H2,1-4H3,(H,26,30)(H,27,29,31). The molecule has 0 spiro atoms. The minimum atomic E-state index is -0.792. The Bertz CT molecular complexity index is 886. The zero-order valence-corrected chi connectivity index (χ0v) is 19.7. The lowest BCUT2D eigenvalue weighted by Crippen LogP contribution is -2.44. The van der Waals surface area contributed by atoms with E-state index in [1.54, 1.807) is 0 Å². The fraction of sp³-hybridized carbons (Fsp3) is 0.545. The first-order valence-corrected chi connectivity index (χ1v) is 11.6. The van der Waals surface area contributed by atoms with E-state index in [2.05, 4.69) is 40.0 Å². The zero-order valence-electron chi connectivity index (χ0n) is 18.9. The summed E-state index contributed by atoms with van der Waals surface area (Å²) in [6, 6.07) is 2.15. The molecule has 7 nitrogen and oxygen atoms in total. The fourth-order valence-electron chi connectivity index (χ4n) is 3.03. The van der Waals surface area contributed by atoms with E-state index in [0.717, 1.165) is 36.2 Å². The number of benzene rings is 1. The van der Waals surface area contributed by atoms with Crippen molar-refractivity contribution in [1.29, 1.82) is 0 Å². The highest BCUT2D eigenvalue weighted by atomic mass is 32.1. The first-order valence-electron chi connectivity index (χ1n) is 10.8. The molecule has 0 radical (unpaired) electrons. The molecule has 0 saturated heterocycles. The number of anilines is 1. The van der Waals surface area contributed by atoms with Gasteiger partial charge in [0, 0.05) is 6.07 Å². The first kappa shape index (κ1) is 25.8. The number of hydrogen-bond acceptors (Lipinski definition) is 6. The van der Waals surface area contributed by atoms with Crippen LogP contribution in [0.1, 0.15) is 63.6 Å². The molecule has 2 unspecified atom stereocenters. The van der Waals surface area contributed by atoms with Crippen LogP contribution in [0.5, 0.6) is 0 Å². The van der Waals surface area contributed by atoms with Gasteiger partial charge in [0.1, 0.15) is 22.7 Å². The first-order chi connectivity index (χ1) is 15.2. The van der Waals surface area contributed by atoms with Crippen molar-refractivity contribution in [2.45, 2.75) is 65.5 Å². The molecule has 10 heteroatoms. The molecule has 1 heterocycles. The molecule has 0 fully saturated rings. The molecule has 2 atom stereocenters. The van der Waals surface area contributed by atoms with E-state index in [1.807, 2.05) is 13.8 Å². The monoisotopic (exact) mass is 467 g/mol. The molecule has 1 aromatic carbocycles. The number of aromatic nitrogens is 2. The third-order valence-electron chi connectivity index (χ3n) is 4.73. The molecule has 0 bridgehead atoms. The van der Waals surface area contributed by atoms with Crippen LogP contribution in [0.25, 0.3) is 0 Å². The summed E-state index contributed by atoms with van der Waals surface area (Å²) in [5.41, 5.74) is 0.198. The van der Waals surface area contributed by atoms with Crippen LogP contribution >= 0.6 is 11.3 Å². The molecule has 0 aliphatic carbocycles. The van der Waals surface area contributed by atoms with Crippen LogP contribution in [-0.2, 0) is 16.0 Å². The summed E-state index contributed by atoms with van der Waals surface area (Å²) in [7, 11) is 0. The predicted octanol–water partition coefficient (Wildman–Crippen LogP) is 3.98. The Morgan fingerprint density at radius 3 is 2.38 bits per heavy atom. The average Bonchev–Trinajstić information content (AvgIpc) is 3.15. The molecular weight excluding hydrogens is 436 g/mol. The summed E-state index contributed by atoms with van der Waals surface area (Å²) in [4.78, 5) is 25.1. The second-order valence-corrected chi connectivity index (χ2v) is 9.17. The molecule has 0 aliphatic rings. The van der Waals surface area contributed by atoms with Gasteiger partial charge in [-0.05, 0) is 49.9 Å². The van der Waals surface area contributed by atoms with Gasteiger partial charge in [-0.2, -0.15) is 0 Å². The maximum Gasteiger partial charge on any atom is 0.248 e. The number of carbonyl (C=O) groups excluding carboxylic acids is 2. The molecule has 2 amide bonds. The van der Waals surface area contributed by atoms with Crippen molar-refractivity contribution in [1.82, 2.24) is 20.8 Å². The normalized spacial score (nSPS) is 13.1. The predicted molar refractivity (Wildman–Crippen MR) is 121 cm³/mol. The quantitative estimate of drug-likeness (QED) is 0.439. The second-order valence-electron chi connectivity index (χ2n) is 8.16. The zero-order chi connectivity index (χ0) is 23.7. The van der Waals surface area contributed by atoms with E-state index >= 15 is 0 Å². The van der Waals surface area contributed by atoms with Crippen LogP contribution in [0.2, 0.25) is 0 Å². The van der Waals surface area contributed by atoms with Crippen molar-refractivity contribution >= 4 is 28.3 Å². The number of carbonyl (C=O) groups is 2. The van der Waals surface area contributed by atoms with E-state index in [-0.39, 0.29) is 18.0 Å². The summed E-state index contributed by atoms with van der Waals surface area (Å²) < 4.78 is 26.7. The Labute approximate surface area is 191 Å². The van der Waals surface area contributed by atoms with Crippen LogP contribution in [0.3, 0.4) is 0 Å². The molecule has 2 rings (SSSR count). The topological polar surface area (TPSA) is 96.0 Å². The molecule has 176 valence electrons. The molecule has 2 aromatic rings.